The van der Waals surface area contributed by atoms with Gasteiger partial charge in [0.15, 0.2) is 26.3 Å². The summed E-state index contributed by atoms with van der Waals surface area (Å²) in [7, 11) is -0.384. The maximum absolute atomic E-state index is 13.7. The Hall–Kier alpha value is -2.26. The van der Waals surface area contributed by atoms with Gasteiger partial charge in [0, 0.05) is 6.07 Å². The zero-order valence-corrected chi connectivity index (χ0v) is 12.1. The number of aromatic hydroxyl groups is 1. The Morgan fingerprint density at radius 1 is 0.667 bits per heavy atom. The van der Waals surface area contributed by atoms with Crippen LogP contribution in [0.25, 0.3) is 0 Å². The minimum atomic E-state index is -0.586. The average Bonchev–Trinajstić information content (AvgIpc) is 2.53. The molecule has 0 spiro atoms. The van der Waals surface area contributed by atoms with Gasteiger partial charge in [0.2, 0.25) is 0 Å². The summed E-state index contributed by atoms with van der Waals surface area (Å²) in [6.07, 6.45) is 0. The molecular formula is C18H14FOS+. The summed E-state index contributed by atoms with van der Waals surface area (Å²) in [5.74, 6) is -0.903. The van der Waals surface area contributed by atoms with Crippen molar-refractivity contribution in [3.63, 3.8) is 0 Å². The van der Waals surface area contributed by atoms with Gasteiger partial charge >= 0.3 is 0 Å². The zero-order chi connectivity index (χ0) is 14.7. The lowest BCUT2D eigenvalue weighted by atomic mass is 10.3. The van der Waals surface area contributed by atoms with Crippen LogP contribution in [0.1, 0.15) is 0 Å². The van der Waals surface area contributed by atoms with E-state index in [0.29, 0.717) is 0 Å². The molecular weight excluding hydrogens is 283 g/mol. The van der Waals surface area contributed by atoms with Gasteiger partial charge in [-0.25, -0.2) is 4.39 Å². The standard InChI is InChI=1S/C18H13FOS/c19-17-13-16(11-12-18(17)20)21(14-7-3-1-4-8-14)15-9-5-2-6-10-15/h1-13H/p+1. The maximum atomic E-state index is 13.7. The maximum Gasteiger partial charge on any atom is 0.169 e. The monoisotopic (exact) mass is 297 g/mol. The third-order valence-electron chi connectivity index (χ3n) is 3.11. The summed E-state index contributed by atoms with van der Waals surface area (Å²) in [6.45, 7) is 0. The van der Waals surface area contributed by atoms with Crippen LogP contribution in [0, 0.1) is 5.82 Å². The second kappa shape index (κ2) is 6.02. The van der Waals surface area contributed by atoms with Crippen molar-refractivity contribution in [1.29, 1.82) is 0 Å². The number of halogens is 1. The largest absolute Gasteiger partial charge is 0.505 e. The number of phenolic OH excluding ortho intramolecular Hbond substituents is 1. The minimum absolute atomic E-state index is 0.316. The zero-order valence-electron chi connectivity index (χ0n) is 11.2. The number of hydrogen-bond acceptors (Lipinski definition) is 1. The van der Waals surface area contributed by atoms with Crippen molar-refractivity contribution in [3.8, 4) is 5.75 Å². The Kier molecular flexibility index (Phi) is 3.93. The predicted molar refractivity (Wildman–Crippen MR) is 83.1 cm³/mol. The van der Waals surface area contributed by atoms with E-state index in [2.05, 4.69) is 0 Å². The summed E-state index contributed by atoms with van der Waals surface area (Å²) >= 11 is 0. The highest BCUT2D eigenvalue weighted by Gasteiger charge is 2.29. The van der Waals surface area contributed by atoms with Gasteiger partial charge < -0.3 is 5.11 Å². The highest BCUT2D eigenvalue weighted by molar-refractivity contribution is 7.97. The fourth-order valence-corrected chi connectivity index (χ4v) is 4.24. The first-order chi connectivity index (χ1) is 10.3. The van der Waals surface area contributed by atoms with E-state index < -0.39 is 5.82 Å². The number of benzene rings is 3. The van der Waals surface area contributed by atoms with Crippen LogP contribution in [0.3, 0.4) is 0 Å². The highest BCUT2D eigenvalue weighted by atomic mass is 32.2. The topological polar surface area (TPSA) is 20.2 Å². The fourth-order valence-electron chi connectivity index (χ4n) is 2.14. The molecule has 0 bridgehead atoms. The van der Waals surface area contributed by atoms with Crippen LogP contribution in [0.5, 0.6) is 5.75 Å². The molecule has 0 amide bonds. The molecule has 0 aliphatic rings. The van der Waals surface area contributed by atoms with Crippen molar-refractivity contribution in [2.24, 2.45) is 0 Å². The van der Waals surface area contributed by atoms with Crippen LogP contribution in [0.15, 0.2) is 93.5 Å². The molecule has 3 aromatic rings. The van der Waals surface area contributed by atoms with E-state index in [1.807, 2.05) is 60.7 Å². The highest BCUT2D eigenvalue weighted by Crippen LogP contribution is 2.32. The molecule has 0 heterocycles. The van der Waals surface area contributed by atoms with Crippen molar-refractivity contribution in [2.45, 2.75) is 14.7 Å². The van der Waals surface area contributed by atoms with E-state index in [1.54, 1.807) is 6.07 Å². The molecule has 0 unspecified atom stereocenters. The van der Waals surface area contributed by atoms with Gasteiger partial charge in [-0.15, -0.1) is 0 Å². The summed E-state index contributed by atoms with van der Waals surface area (Å²) in [5, 5.41) is 9.39. The van der Waals surface area contributed by atoms with Gasteiger partial charge in [-0.1, -0.05) is 36.4 Å². The Morgan fingerprint density at radius 3 is 1.67 bits per heavy atom. The van der Waals surface area contributed by atoms with E-state index in [9.17, 15) is 9.50 Å². The number of phenols is 1. The quantitative estimate of drug-likeness (QED) is 0.699. The lowest BCUT2D eigenvalue weighted by molar-refractivity contribution is 0.431. The molecule has 1 N–H and O–H groups in total. The van der Waals surface area contributed by atoms with Gasteiger partial charge in [0.1, 0.15) is 0 Å². The molecule has 0 saturated carbocycles. The summed E-state index contributed by atoms with van der Waals surface area (Å²) in [6, 6.07) is 24.6. The summed E-state index contributed by atoms with van der Waals surface area (Å²) in [4.78, 5) is 3.09. The fraction of sp³-hybridized carbons (Fsp3) is 0. The van der Waals surface area contributed by atoms with Crippen LogP contribution in [0.4, 0.5) is 4.39 Å². The Bertz CT molecular complexity index is 689. The van der Waals surface area contributed by atoms with Gasteiger partial charge in [0.05, 0.1) is 10.9 Å². The Morgan fingerprint density at radius 2 is 1.19 bits per heavy atom. The Balaban J connectivity index is 2.14. The third kappa shape index (κ3) is 2.93. The molecule has 3 aromatic carbocycles. The van der Waals surface area contributed by atoms with E-state index in [1.165, 1.54) is 12.1 Å². The molecule has 3 rings (SSSR count). The van der Waals surface area contributed by atoms with Crippen LogP contribution in [0.2, 0.25) is 0 Å². The molecule has 0 aliphatic carbocycles. The molecule has 0 radical (unpaired) electrons. The second-order valence-electron chi connectivity index (χ2n) is 4.55. The number of rotatable bonds is 3. The molecule has 0 fully saturated rings. The molecule has 104 valence electrons. The minimum Gasteiger partial charge on any atom is -0.505 e. The average molecular weight is 297 g/mol. The van der Waals surface area contributed by atoms with Crippen LogP contribution in [-0.2, 0) is 10.9 Å². The van der Waals surface area contributed by atoms with Crippen LogP contribution in [-0.4, -0.2) is 5.11 Å². The molecule has 0 aromatic heterocycles. The van der Waals surface area contributed by atoms with Crippen molar-refractivity contribution >= 4 is 10.9 Å². The lowest BCUT2D eigenvalue weighted by Crippen LogP contribution is -2.04. The molecule has 0 atom stereocenters. The first kappa shape index (κ1) is 13.7. The van der Waals surface area contributed by atoms with Gasteiger partial charge in [-0.3, -0.25) is 0 Å². The van der Waals surface area contributed by atoms with Crippen molar-refractivity contribution < 1.29 is 9.50 Å². The van der Waals surface area contributed by atoms with Gasteiger partial charge in [-0.05, 0) is 36.4 Å². The van der Waals surface area contributed by atoms with E-state index in [0.717, 1.165) is 14.7 Å². The normalized spacial score (nSPS) is 10.8. The molecule has 3 heteroatoms. The molecule has 0 saturated heterocycles. The SMILES string of the molecule is Oc1ccc([S+](c2ccccc2)c2ccccc2)cc1F. The third-order valence-corrected chi connectivity index (χ3v) is 5.33. The summed E-state index contributed by atoms with van der Waals surface area (Å²) < 4.78 is 13.7. The second-order valence-corrected chi connectivity index (χ2v) is 6.57. The van der Waals surface area contributed by atoms with Crippen molar-refractivity contribution in [3.05, 3.63) is 84.7 Å². The smallest absolute Gasteiger partial charge is 0.169 e. The van der Waals surface area contributed by atoms with E-state index in [-0.39, 0.29) is 16.6 Å². The first-order valence-electron chi connectivity index (χ1n) is 6.58. The van der Waals surface area contributed by atoms with Crippen molar-refractivity contribution in [2.75, 3.05) is 0 Å². The van der Waals surface area contributed by atoms with Gasteiger partial charge in [-0.2, -0.15) is 0 Å². The van der Waals surface area contributed by atoms with Gasteiger partial charge in [0.25, 0.3) is 0 Å². The van der Waals surface area contributed by atoms with Crippen LogP contribution >= 0.6 is 0 Å². The first-order valence-corrected chi connectivity index (χ1v) is 7.81. The predicted octanol–water partition coefficient (Wildman–Crippen LogP) is 4.63. The summed E-state index contributed by atoms with van der Waals surface area (Å²) in [5.41, 5.74) is 0. The van der Waals surface area contributed by atoms with Crippen molar-refractivity contribution in [1.82, 2.24) is 0 Å². The molecule has 1 nitrogen and oxygen atoms in total. The van der Waals surface area contributed by atoms with E-state index >= 15 is 0 Å². The van der Waals surface area contributed by atoms with Crippen LogP contribution < -0.4 is 0 Å². The number of hydrogen-bond donors (Lipinski definition) is 1. The lowest BCUT2D eigenvalue weighted by Gasteiger charge is -2.08. The van der Waals surface area contributed by atoms with E-state index in [4.69, 9.17) is 0 Å². The molecule has 0 aliphatic heterocycles. The molecule has 21 heavy (non-hydrogen) atoms. The Labute approximate surface area is 126 Å².